The molecule has 3 rings (SSSR count). The summed E-state index contributed by atoms with van der Waals surface area (Å²) < 4.78 is 19.4. The van der Waals surface area contributed by atoms with Crippen molar-refractivity contribution in [2.75, 3.05) is 24.6 Å². The number of aryl methyl sites for hydroxylation is 2. The van der Waals surface area contributed by atoms with Gasteiger partial charge in [-0.1, -0.05) is 23.7 Å². The number of carbonyl (C=O) groups excluding carboxylic acids is 2. The SMILES string of the molecule is Cc1ccc(N2CC(CNC(=O)c3c(F)cccc3Cl)OCC2=O)cc1C. The summed E-state index contributed by atoms with van der Waals surface area (Å²) in [5.41, 5.74) is 2.83. The highest BCUT2D eigenvalue weighted by atomic mass is 35.5. The summed E-state index contributed by atoms with van der Waals surface area (Å²) in [5.74, 6) is -1.44. The van der Waals surface area contributed by atoms with Gasteiger partial charge in [0.15, 0.2) is 0 Å². The van der Waals surface area contributed by atoms with Gasteiger partial charge in [-0.25, -0.2) is 4.39 Å². The van der Waals surface area contributed by atoms with Crippen LogP contribution in [0.3, 0.4) is 0 Å². The molecule has 1 aliphatic rings. The molecule has 142 valence electrons. The smallest absolute Gasteiger partial charge is 0.255 e. The number of morpholine rings is 1. The average Bonchev–Trinajstić information content (AvgIpc) is 2.63. The highest BCUT2D eigenvalue weighted by Gasteiger charge is 2.28. The topological polar surface area (TPSA) is 58.6 Å². The lowest BCUT2D eigenvalue weighted by molar-refractivity contribution is -0.129. The van der Waals surface area contributed by atoms with Crippen LogP contribution in [0.4, 0.5) is 10.1 Å². The number of carbonyl (C=O) groups is 2. The summed E-state index contributed by atoms with van der Waals surface area (Å²) in [6, 6.07) is 9.87. The van der Waals surface area contributed by atoms with Gasteiger partial charge in [-0.05, 0) is 49.2 Å². The van der Waals surface area contributed by atoms with Crippen molar-refractivity contribution in [1.29, 1.82) is 0 Å². The first-order valence-corrected chi connectivity index (χ1v) is 8.96. The monoisotopic (exact) mass is 390 g/mol. The molecule has 27 heavy (non-hydrogen) atoms. The molecular formula is C20H20ClFN2O3. The minimum absolute atomic E-state index is 0.0454. The van der Waals surface area contributed by atoms with Crippen molar-refractivity contribution in [3.8, 4) is 0 Å². The first-order chi connectivity index (χ1) is 12.9. The zero-order valence-corrected chi connectivity index (χ0v) is 15.8. The number of benzene rings is 2. The molecule has 2 aromatic carbocycles. The Morgan fingerprint density at radius 3 is 2.78 bits per heavy atom. The van der Waals surface area contributed by atoms with Crippen molar-refractivity contribution in [2.24, 2.45) is 0 Å². The number of nitrogens with one attached hydrogen (secondary N) is 1. The predicted octanol–water partition coefficient (Wildman–Crippen LogP) is 3.26. The van der Waals surface area contributed by atoms with E-state index in [9.17, 15) is 14.0 Å². The Kier molecular flexibility index (Phi) is 5.77. The minimum Gasteiger partial charge on any atom is -0.365 e. The molecule has 1 aliphatic heterocycles. The van der Waals surface area contributed by atoms with Gasteiger partial charge in [-0.15, -0.1) is 0 Å². The van der Waals surface area contributed by atoms with Crippen LogP contribution in [0.15, 0.2) is 36.4 Å². The van der Waals surface area contributed by atoms with Crippen molar-refractivity contribution >= 4 is 29.1 Å². The number of amides is 2. The summed E-state index contributed by atoms with van der Waals surface area (Å²) in [5, 5.41) is 2.68. The van der Waals surface area contributed by atoms with Crippen LogP contribution in [-0.4, -0.2) is 37.6 Å². The fourth-order valence-corrected chi connectivity index (χ4v) is 3.15. The van der Waals surface area contributed by atoms with Crippen molar-refractivity contribution in [1.82, 2.24) is 5.32 Å². The van der Waals surface area contributed by atoms with E-state index in [2.05, 4.69) is 5.32 Å². The van der Waals surface area contributed by atoms with Crippen molar-refractivity contribution in [3.05, 3.63) is 63.9 Å². The number of nitrogens with zero attached hydrogens (tertiary/aromatic N) is 1. The standard InChI is InChI=1S/C20H20ClFN2O3/c1-12-6-7-14(8-13(12)2)24-10-15(27-11-18(24)25)9-23-20(26)19-16(21)4-3-5-17(19)22/h3-8,15H,9-11H2,1-2H3,(H,23,26). The molecule has 2 amide bonds. The molecular weight excluding hydrogens is 371 g/mol. The van der Waals surface area contributed by atoms with Gasteiger partial charge in [0.25, 0.3) is 11.8 Å². The number of anilines is 1. The maximum Gasteiger partial charge on any atom is 0.255 e. The maximum atomic E-state index is 13.8. The van der Waals surface area contributed by atoms with Crippen molar-refractivity contribution in [2.45, 2.75) is 20.0 Å². The lowest BCUT2D eigenvalue weighted by atomic mass is 10.1. The normalized spacial score (nSPS) is 17.1. The van der Waals surface area contributed by atoms with E-state index < -0.39 is 17.8 Å². The third-order valence-electron chi connectivity index (χ3n) is 4.61. The van der Waals surface area contributed by atoms with E-state index in [1.165, 1.54) is 18.2 Å². The average molecular weight is 391 g/mol. The van der Waals surface area contributed by atoms with Gasteiger partial charge in [0.05, 0.1) is 23.2 Å². The second kappa shape index (κ2) is 8.06. The Labute approximate surface area is 162 Å². The molecule has 0 saturated carbocycles. The van der Waals surface area contributed by atoms with E-state index in [-0.39, 0.29) is 29.6 Å². The molecule has 1 fully saturated rings. The first kappa shape index (κ1) is 19.3. The molecule has 1 unspecified atom stereocenters. The number of rotatable bonds is 4. The van der Waals surface area contributed by atoms with Gasteiger partial charge in [0, 0.05) is 12.2 Å². The summed E-state index contributed by atoms with van der Waals surface area (Å²) in [6.07, 6.45) is -0.404. The third kappa shape index (κ3) is 4.28. The van der Waals surface area contributed by atoms with Gasteiger partial charge < -0.3 is 15.0 Å². The van der Waals surface area contributed by atoms with Crippen LogP contribution in [0.25, 0.3) is 0 Å². The molecule has 0 radical (unpaired) electrons. The van der Waals surface area contributed by atoms with Crippen LogP contribution in [0.1, 0.15) is 21.5 Å². The zero-order valence-electron chi connectivity index (χ0n) is 15.1. The molecule has 2 aromatic rings. The van der Waals surface area contributed by atoms with Crippen molar-refractivity contribution in [3.63, 3.8) is 0 Å². The first-order valence-electron chi connectivity index (χ1n) is 8.58. The Hall–Kier alpha value is -2.44. The molecule has 0 spiro atoms. The van der Waals surface area contributed by atoms with Crippen molar-refractivity contribution < 1.29 is 18.7 Å². The molecule has 1 heterocycles. The van der Waals surface area contributed by atoms with Crippen LogP contribution < -0.4 is 10.2 Å². The fourth-order valence-electron chi connectivity index (χ4n) is 2.90. The van der Waals surface area contributed by atoms with E-state index in [0.29, 0.717) is 6.54 Å². The quantitative estimate of drug-likeness (QED) is 0.871. The lowest BCUT2D eigenvalue weighted by Crippen LogP contribution is -2.50. The molecule has 1 atom stereocenters. The van der Waals surface area contributed by atoms with E-state index >= 15 is 0 Å². The molecule has 0 aromatic heterocycles. The van der Waals surface area contributed by atoms with E-state index in [4.69, 9.17) is 16.3 Å². The van der Waals surface area contributed by atoms with Gasteiger partial charge in [0.1, 0.15) is 12.4 Å². The molecule has 5 nitrogen and oxygen atoms in total. The predicted molar refractivity (Wildman–Crippen MR) is 102 cm³/mol. The van der Waals surface area contributed by atoms with E-state index in [0.717, 1.165) is 16.8 Å². The summed E-state index contributed by atoms with van der Waals surface area (Å²) in [6.45, 7) is 4.35. The number of ether oxygens (including phenoxy) is 1. The Balaban J connectivity index is 1.67. The van der Waals surface area contributed by atoms with Crippen LogP contribution in [0, 0.1) is 19.7 Å². The molecule has 0 aliphatic carbocycles. The second-order valence-electron chi connectivity index (χ2n) is 6.51. The van der Waals surface area contributed by atoms with Crippen LogP contribution >= 0.6 is 11.6 Å². The van der Waals surface area contributed by atoms with Gasteiger partial charge >= 0.3 is 0 Å². The number of hydrogen-bond donors (Lipinski definition) is 1. The Morgan fingerprint density at radius 1 is 1.30 bits per heavy atom. The number of hydrogen-bond acceptors (Lipinski definition) is 3. The number of halogens is 2. The molecule has 1 N–H and O–H groups in total. The highest BCUT2D eigenvalue weighted by molar-refractivity contribution is 6.33. The Morgan fingerprint density at radius 2 is 2.07 bits per heavy atom. The fraction of sp³-hybridized carbons (Fsp3) is 0.300. The lowest BCUT2D eigenvalue weighted by Gasteiger charge is -2.33. The summed E-state index contributed by atoms with van der Waals surface area (Å²) >= 11 is 5.91. The molecule has 0 bridgehead atoms. The molecule has 1 saturated heterocycles. The molecule has 7 heteroatoms. The largest absolute Gasteiger partial charge is 0.365 e. The summed E-state index contributed by atoms with van der Waals surface area (Å²) in [7, 11) is 0. The minimum atomic E-state index is -0.684. The third-order valence-corrected chi connectivity index (χ3v) is 4.93. The van der Waals surface area contributed by atoms with E-state index in [1.807, 2.05) is 32.0 Å². The second-order valence-corrected chi connectivity index (χ2v) is 6.92. The van der Waals surface area contributed by atoms with E-state index in [1.54, 1.807) is 4.90 Å². The maximum absolute atomic E-state index is 13.8. The van der Waals surface area contributed by atoms with Gasteiger partial charge in [-0.3, -0.25) is 9.59 Å². The van der Waals surface area contributed by atoms with Crippen LogP contribution in [0.5, 0.6) is 0 Å². The van der Waals surface area contributed by atoms with Gasteiger partial charge in [0.2, 0.25) is 0 Å². The Bertz CT molecular complexity index is 867. The highest BCUT2D eigenvalue weighted by Crippen LogP contribution is 2.22. The van der Waals surface area contributed by atoms with Crippen LogP contribution in [-0.2, 0) is 9.53 Å². The summed E-state index contributed by atoms with van der Waals surface area (Å²) in [4.78, 5) is 26.1. The zero-order chi connectivity index (χ0) is 19.6. The van der Waals surface area contributed by atoms with Gasteiger partial charge in [-0.2, -0.15) is 0 Å². The van der Waals surface area contributed by atoms with Crippen LogP contribution in [0.2, 0.25) is 5.02 Å².